The van der Waals surface area contributed by atoms with E-state index in [0.717, 1.165) is 131 Å². The summed E-state index contributed by atoms with van der Waals surface area (Å²) in [6.07, 6.45) is 16.3. The molecule has 10 rings (SSSR count). The van der Waals surface area contributed by atoms with Gasteiger partial charge < -0.3 is 19.9 Å². The van der Waals surface area contributed by atoms with Crippen molar-refractivity contribution in [2.75, 3.05) is 0 Å². The van der Waals surface area contributed by atoms with Gasteiger partial charge in [-0.3, -0.25) is 9.97 Å². The van der Waals surface area contributed by atoms with Crippen LogP contribution in [0.3, 0.4) is 0 Å². The highest BCUT2D eigenvalue weighted by atomic mass is 14.8. The maximum atomic E-state index is 5.88. The fourth-order valence-corrected chi connectivity index (χ4v) is 16.1. The van der Waals surface area contributed by atoms with Gasteiger partial charge in [0.15, 0.2) is 0 Å². The third kappa shape index (κ3) is 10.4. The summed E-state index contributed by atoms with van der Waals surface area (Å²) in [5, 5.41) is 0. The molecule has 442 valence electrons. The molecule has 6 aromatic rings. The number of nitrogens with one attached hydrogen (secondary N) is 4. The first kappa shape index (κ1) is 60.4. The van der Waals surface area contributed by atoms with Gasteiger partial charge in [-0.25, -0.2) is 9.97 Å². The lowest BCUT2D eigenvalue weighted by atomic mass is 9.83. The van der Waals surface area contributed by atoms with Crippen molar-refractivity contribution in [2.24, 2.45) is 0 Å². The first-order chi connectivity index (χ1) is 40.9. The molecule has 4 aliphatic rings. The van der Waals surface area contributed by atoms with E-state index in [-0.39, 0.29) is 23.7 Å². The van der Waals surface area contributed by atoms with Gasteiger partial charge in [-0.1, -0.05) is 123 Å². The molecule has 10 heterocycles. The normalized spacial score (nSPS) is 17.0. The van der Waals surface area contributed by atoms with E-state index in [1.54, 1.807) is 0 Å². The monoisotopic (exact) mass is 1120 g/mol. The molecule has 84 heavy (non-hydrogen) atoms. The predicted molar refractivity (Wildman–Crippen MR) is 359 cm³/mol. The van der Waals surface area contributed by atoms with Gasteiger partial charge in [0.2, 0.25) is 0 Å². The predicted octanol–water partition coefficient (Wildman–Crippen LogP) is 20.1. The minimum atomic E-state index is 0.239. The van der Waals surface area contributed by atoms with Crippen LogP contribution in [0, 0.1) is 11.8 Å². The highest BCUT2D eigenvalue weighted by Gasteiger charge is 2.35. The third-order valence-electron chi connectivity index (χ3n) is 20.0. The Balaban J connectivity index is 1.28. The fraction of sp³-hybridized carbons (Fsp3) is 0.500. The number of hydrogen-bond acceptors (Lipinski definition) is 4. The van der Waals surface area contributed by atoms with Crippen molar-refractivity contribution in [1.82, 2.24) is 39.9 Å². The van der Waals surface area contributed by atoms with Gasteiger partial charge in [-0.2, -0.15) is 0 Å². The number of aryl methyl sites for hydroxylation is 8. The molecule has 0 fully saturated rings. The number of fused-ring (bicyclic) bond motifs is 16. The standard InChI is InChI=1S/C76H98N8/c1-17-43-47(21-5)65-39-69-51(25-9)55(29-13)73(81-69)59(74-56(30-14)52(26-10)70(82-74)40-66-48(22-6)44(18-2)62(78-66)37-61(43)77-65)35-33-34-36-60-75-57(31-15)53(27-11)71(83-75)41-67-49(23-7)45(19-3)63(79-67)38-64-46(20-4)50(24-8)68(80-64)42-72-54(28-12)58(32-16)76(60)84-72/h37-42,51,53,55,57,77-79,84H,17-32,35-36H2,1-16H3/t51-,53-,55-,57-/m0/s1. The minimum absolute atomic E-state index is 0.239. The van der Waals surface area contributed by atoms with Gasteiger partial charge in [0.05, 0.1) is 34.2 Å². The molecular weight excluding hydrogens is 1020 g/mol. The molecule has 0 aromatic carbocycles. The Morgan fingerprint density at radius 1 is 0.298 bits per heavy atom. The number of H-pyrrole nitrogens is 4. The Hall–Kier alpha value is -6.72. The second kappa shape index (κ2) is 25.9. The highest BCUT2D eigenvalue weighted by molar-refractivity contribution is 5.95. The number of nitrogens with zero attached hydrogens (tertiary/aromatic N) is 4. The second-order valence-corrected chi connectivity index (χ2v) is 23.9. The van der Waals surface area contributed by atoms with Crippen LogP contribution in [-0.2, 0) is 64.2 Å². The molecule has 0 spiro atoms. The molecule has 0 saturated carbocycles. The van der Waals surface area contributed by atoms with E-state index < -0.39 is 0 Å². The SMILES string of the molecule is CCC1=C(CC)c2cc3[nH]c(c(CC#CCc4c5nc(cc6[nH]c(cc7[nH]c(cc8nc4[C@@H](CC)[C@@H]8CC)c(CC)c7CC)c(CC)c6CC)C(CC)=C5CC)c4nc(cc5[nH]c(cc1n2)c(CC)c5CC)[C@@H](CC)[C@@H]4CC)c(CC)c3CC. The van der Waals surface area contributed by atoms with E-state index in [2.05, 4.69) is 179 Å². The van der Waals surface area contributed by atoms with Crippen LogP contribution >= 0.6 is 0 Å². The zero-order valence-corrected chi connectivity index (χ0v) is 54.3. The Morgan fingerprint density at radius 3 is 1.00 bits per heavy atom. The maximum Gasteiger partial charge on any atom is 0.0732 e. The summed E-state index contributed by atoms with van der Waals surface area (Å²) in [7, 11) is 0. The highest BCUT2D eigenvalue weighted by Crippen LogP contribution is 2.47. The van der Waals surface area contributed by atoms with Crippen LogP contribution < -0.4 is 0 Å². The summed E-state index contributed by atoms with van der Waals surface area (Å²) >= 11 is 0. The van der Waals surface area contributed by atoms with Crippen LogP contribution in [0.2, 0.25) is 0 Å². The quantitative estimate of drug-likeness (QED) is 0.0642. The maximum absolute atomic E-state index is 5.88. The molecule has 6 aromatic heterocycles. The van der Waals surface area contributed by atoms with Gasteiger partial charge in [-0.15, -0.1) is 0 Å². The van der Waals surface area contributed by atoms with Crippen molar-refractivity contribution >= 4 is 66.4 Å². The summed E-state index contributed by atoms with van der Waals surface area (Å²) in [6.45, 7) is 37.1. The molecule has 4 aliphatic heterocycles. The molecule has 0 saturated heterocycles. The Bertz CT molecular complexity index is 3980. The molecule has 0 unspecified atom stereocenters. The van der Waals surface area contributed by atoms with Gasteiger partial charge in [0, 0.05) is 103 Å². The van der Waals surface area contributed by atoms with Gasteiger partial charge in [-0.05, 0) is 206 Å². The van der Waals surface area contributed by atoms with Gasteiger partial charge >= 0.3 is 0 Å². The number of rotatable bonds is 18. The lowest BCUT2D eigenvalue weighted by Gasteiger charge is -2.19. The van der Waals surface area contributed by atoms with E-state index in [1.165, 1.54) is 139 Å². The van der Waals surface area contributed by atoms with Crippen molar-refractivity contribution in [1.29, 1.82) is 0 Å². The molecule has 16 bridgehead atoms. The molecule has 0 radical (unpaired) electrons. The number of hydrogen-bond donors (Lipinski definition) is 4. The van der Waals surface area contributed by atoms with Crippen LogP contribution in [0.15, 0.2) is 36.4 Å². The summed E-state index contributed by atoms with van der Waals surface area (Å²) in [5.74, 6) is 8.94. The summed E-state index contributed by atoms with van der Waals surface area (Å²) < 4.78 is 0. The van der Waals surface area contributed by atoms with Crippen molar-refractivity contribution in [3.8, 4) is 11.8 Å². The summed E-state index contributed by atoms with van der Waals surface area (Å²) in [5.41, 5.74) is 37.4. The van der Waals surface area contributed by atoms with E-state index in [9.17, 15) is 0 Å². The number of aromatic nitrogens is 8. The number of aromatic amines is 4. The first-order valence-corrected chi connectivity index (χ1v) is 33.4. The molecule has 4 atom stereocenters. The molecule has 8 heteroatoms. The summed E-state index contributed by atoms with van der Waals surface area (Å²) in [6, 6.07) is 14.3. The minimum Gasteiger partial charge on any atom is -0.355 e. The van der Waals surface area contributed by atoms with E-state index in [1.807, 2.05) is 0 Å². The van der Waals surface area contributed by atoms with Crippen LogP contribution in [0.5, 0.6) is 0 Å². The van der Waals surface area contributed by atoms with E-state index in [4.69, 9.17) is 19.9 Å². The first-order valence-electron chi connectivity index (χ1n) is 33.4. The van der Waals surface area contributed by atoms with Crippen LogP contribution in [0.4, 0.5) is 0 Å². The van der Waals surface area contributed by atoms with Crippen molar-refractivity contribution in [2.45, 2.75) is 250 Å². The average Bonchev–Trinajstić information content (AvgIpc) is 4.59. The lowest BCUT2D eigenvalue weighted by Crippen LogP contribution is -2.07. The van der Waals surface area contributed by atoms with E-state index >= 15 is 0 Å². The van der Waals surface area contributed by atoms with Crippen LogP contribution in [0.1, 0.15) is 287 Å². The van der Waals surface area contributed by atoms with Crippen molar-refractivity contribution in [3.63, 3.8) is 0 Å². The van der Waals surface area contributed by atoms with Crippen LogP contribution in [0.25, 0.3) is 66.4 Å². The Kier molecular flexibility index (Phi) is 18.6. The lowest BCUT2D eigenvalue weighted by molar-refractivity contribution is 0.530. The molecular formula is C76H98N8. The molecule has 4 N–H and O–H groups in total. The van der Waals surface area contributed by atoms with E-state index in [0.29, 0.717) is 12.8 Å². The molecule has 0 aliphatic carbocycles. The topological polar surface area (TPSA) is 115 Å². The van der Waals surface area contributed by atoms with Crippen LogP contribution in [-0.4, -0.2) is 39.9 Å². The zero-order chi connectivity index (χ0) is 59.7. The van der Waals surface area contributed by atoms with Gasteiger partial charge in [0.25, 0.3) is 0 Å². The van der Waals surface area contributed by atoms with Crippen molar-refractivity contribution in [3.05, 3.63) is 138 Å². The largest absolute Gasteiger partial charge is 0.355 e. The van der Waals surface area contributed by atoms with Gasteiger partial charge in [0.1, 0.15) is 0 Å². The average molecular weight is 1120 g/mol. The zero-order valence-electron chi connectivity index (χ0n) is 54.3. The molecule has 8 nitrogen and oxygen atoms in total. The third-order valence-corrected chi connectivity index (χ3v) is 20.0. The smallest absolute Gasteiger partial charge is 0.0732 e. The Morgan fingerprint density at radius 2 is 0.619 bits per heavy atom. The summed E-state index contributed by atoms with van der Waals surface area (Å²) in [4.78, 5) is 39.2. The molecule has 0 amide bonds. The number of allylic oxidation sites excluding steroid dienone is 4. The van der Waals surface area contributed by atoms with Crippen molar-refractivity contribution < 1.29 is 0 Å². The fourth-order valence-electron chi connectivity index (χ4n) is 16.1. The second-order valence-electron chi connectivity index (χ2n) is 23.9. The Labute approximate surface area is 503 Å².